The van der Waals surface area contributed by atoms with Gasteiger partial charge in [-0.2, -0.15) is 0 Å². The van der Waals surface area contributed by atoms with Gasteiger partial charge in [-0.05, 0) is 96.3 Å². The fourth-order valence-electron chi connectivity index (χ4n) is 6.35. The molecule has 0 rings (SSSR count). The van der Waals surface area contributed by atoms with Gasteiger partial charge in [0.25, 0.3) is 0 Å². The minimum Gasteiger partial charge on any atom is -0.462 e. The first-order valence-corrected chi connectivity index (χ1v) is 24.9. The molecular formula is C56H90O6. The highest BCUT2D eigenvalue weighted by Crippen LogP contribution is 2.13. The van der Waals surface area contributed by atoms with Crippen LogP contribution in [0.15, 0.2) is 109 Å². The third-order valence-electron chi connectivity index (χ3n) is 10.0. The summed E-state index contributed by atoms with van der Waals surface area (Å²) in [6, 6.07) is 0. The first-order chi connectivity index (χ1) is 30.5. The molecule has 0 amide bonds. The van der Waals surface area contributed by atoms with Gasteiger partial charge in [-0.25, -0.2) is 0 Å². The van der Waals surface area contributed by atoms with Crippen molar-refractivity contribution in [3.05, 3.63) is 109 Å². The van der Waals surface area contributed by atoms with Crippen LogP contribution in [0, 0.1) is 0 Å². The van der Waals surface area contributed by atoms with E-state index in [1.54, 1.807) is 0 Å². The maximum atomic E-state index is 12.8. The number of ether oxygens (including phenoxy) is 3. The molecule has 1 atom stereocenters. The van der Waals surface area contributed by atoms with Gasteiger partial charge in [0.05, 0.1) is 0 Å². The lowest BCUT2D eigenvalue weighted by molar-refractivity contribution is -0.167. The number of rotatable bonds is 43. The van der Waals surface area contributed by atoms with Crippen LogP contribution in [0.25, 0.3) is 0 Å². The fourth-order valence-corrected chi connectivity index (χ4v) is 6.35. The average Bonchev–Trinajstić information content (AvgIpc) is 3.27. The van der Waals surface area contributed by atoms with Gasteiger partial charge in [0.2, 0.25) is 0 Å². The lowest BCUT2D eigenvalue weighted by Crippen LogP contribution is -2.30. The van der Waals surface area contributed by atoms with E-state index in [0.29, 0.717) is 19.3 Å². The Morgan fingerprint density at radius 2 is 0.645 bits per heavy atom. The predicted octanol–water partition coefficient (Wildman–Crippen LogP) is 16.4. The summed E-state index contributed by atoms with van der Waals surface area (Å²) in [5, 5.41) is 0. The van der Waals surface area contributed by atoms with E-state index in [9.17, 15) is 14.4 Å². The molecule has 0 fully saturated rings. The lowest BCUT2D eigenvalue weighted by atomic mass is 10.0. The van der Waals surface area contributed by atoms with Crippen molar-refractivity contribution in [2.24, 2.45) is 0 Å². The van der Waals surface area contributed by atoms with Crippen molar-refractivity contribution in [2.45, 2.75) is 213 Å². The first-order valence-electron chi connectivity index (χ1n) is 24.9. The van der Waals surface area contributed by atoms with E-state index in [1.807, 2.05) is 0 Å². The van der Waals surface area contributed by atoms with Gasteiger partial charge >= 0.3 is 17.9 Å². The molecule has 0 radical (unpaired) electrons. The number of hydrogen-bond donors (Lipinski definition) is 0. The Labute approximate surface area is 380 Å². The highest BCUT2D eigenvalue weighted by Gasteiger charge is 2.19. The molecule has 6 nitrogen and oxygen atoms in total. The minimum atomic E-state index is -0.822. The Morgan fingerprint density at radius 3 is 1.05 bits per heavy atom. The zero-order valence-corrected chi connectivity index (χ0v) is 39.8. The van der Waals surface area contributed by atoms with Crippen molar-refractivity contribution in [1.82, 2.24) is 0 Å². The Kier molecular flexibility index (Phi) is 46.6. The fraction of sp³-hybridized carbons (Fsp3) is 0.625. The molecule has 0 saturated heterocycles. The summed E-state index contributed by atoms with van der Waals surface area (Å²) in [7, 11) is 0. The topological polar surface area (TPSA) is 78.9 Å². The van der Waals surface area contributed by atoms with Crippen LogP contribution >= 0.6 is 0 Å². The molecule has 6 heteroatoms. The molecule has 0 aliphatic carbocycles. The zero-order valence-electron chi connectivity index (χ0n) is 39.8. The van der Waals surface area contributed by atoms with Gasteiger partial charge in [0, 0.05) is 19.3 Å². The van der Waals surface area contributed by atoms with E-state index in [-0.39, 0.29) is 44.0 Å². The van der Waals surface area contributed by atoms with Crippen LogP contribution in [0.3, 0.4) is 0 Å². The highest BCUT2D eigenvalue weighted by molar-refractivity contribution is 5.71. The average molecular weight is 859 g/mol. The molecule has 0 aromatic carbocycles. The van der Waals surface area contributed by atoms with Crippen molar-refractivity contribution in [3.8, 4) is 0 Å². The summed E-state index contributed by atoms with van der Waals surface area (Å²) >= 11 is 0. The van der Waals surface area contributed by atoms with Crippen molar-refractivity contribution < 1.29 is 28.6 Å². The van der Waals surface area contributed by atoms with Gasteiger partial charge in [-0.3, -0.25) is 14.4 Å². The molecule has 0 aliphatic rings. The summed E-state index contributed by atoms with van der Waals surface area (Å²) in [6.45, 7) is 6.30. The van der Waals surface area contributed by atoms with Gasteiger partial charge in [-0.15, -0.1) is 0 Å². The molecule has 0 heterocycles. The molecule has 0 aromatic heterocycles. The molecule has 0 N–H and O–H groups in total. The minimum absolute atomic E-state index is 0.113. The molecule has 0 bridgehead atoms. The maximum absolute atomic E-state index is 12.8. The van der Waals surface area contributed by atoms with Crippen LogP contribution in [0.1, 0.15) is 207 Å². The van der Waals surface area contributed by atoms with Crippen LogP contribution in [0.4, 0.5) is 0 Å². The number of carbonyl (C=O) groups excluding carboxylic acids is 3. The molecular weight excluding hydrogens is 769 g/mol. The van der Waals surface area contributed by atoms with Crippen molar-refractivity contribution >= 4 is 17.9 Å². The Morgan fingerprint density at radius 1 is 0.339 bits per heavy atom. The first kappa shape index (κ1) is 58.1. The molecule has 0 unspecified atom stereocenters. The molecule has 62 heavy (non-hydrogen) atoms. The van der Waals surface area contributed by atoms with Gasteiger partial charge in [0.15, 0.2) is 6.10 Å². The van der Waals surface area contributed by atoms with Gasteiger partial charge < -0.3 is 14.2 Å². The maximum Gasteiger partial charge on any atom is 0.306 e. The summed E-state index contributed by atoms with van der Waals surface area (Å²) in [4.78, 5) is 37.9. The van der Waals surface area contributed by atoms with Crippen LogP contribution < -0.4 is 0 Å². The summed E-state index contributed by atoms with van der Waals surface area (Å²) in [6.07, 6.45) is 66.5. The van der Waals surface area contributed by atoms with Gasteiger partial charge in [-0.1, -0.05) is 201 Å². The molecule has 350 valence electrons. The predicted molar refractivity (Wildman–Crippen MR) is 265 cm³/mol. The number of esters is 3. The largest absolute Gasteiger partial charge is 0.462 e. The van der Waals surface area contributed by atoms with E-state index >= 15 is 0 Å². The molecule has 0 aliphatic heterocycles. The van der Waals surface area contributed by atoms with Crippen LogP contribution in [-0.4, -0.2) is 37.2 Å². The number of allylic oxidation sites excluding steroid dienone is 18. The quantitative estimate of drug-likeness (QED) is 0.0263. The molecule has 0 spiro atoms. The van der Waals surface area contributed by atoms with Crippen molar-refractivity contribution in [3.63, 3.8) is 0 Å². The van der Waals surface area contributed by atoms with Crippen molar-refractivity contribution in [2.75, 3.05) is 13.2 Å². The standard InChI is InChI=1S/C56H90O6/c1-4-7-10-13-16-19-22-25-27-28-30-31-34-37-40-43-46-49-55(58)61-52-53(51-60-54(57)48-45-42-39-36-33-24-21-18-15-12-9-6-3)62-56(59)50-47-44-41-38-35-32-29-26-23-20-17-14-11-8-5-2/h7-8,10-11,16-17,19-20,25-27,29-31,35,37-38,40,53H,4-6,9,12-15,18,21-24,28,32-34,36,39,41-52H2,1-3H3/b10-7-,11-8-,19-16-,20-17-,27-25-,29-26-,31-30-,38-35-,40-37-/t53-/m0/s1. The monoisotopic (exact) mass is 859 g/mol. The summed E-state index contributed by atoms with van der Waals surface area (Å²) < 4.78 is 16.7. The molecule has 0 aromatic rings. The van der Waals surface area contributed by atoms with E-state index in [4.69, 9.17) is 14.2 Å². The Hall–Kier alpha value is -3.93. The Balaban J connectivity index is 4.56. The summed E-state index contributed by atoms with van der Waals surface area (Å²) in [5.41, 5.74) is 0. The van der Waals surface area contributed by atoms with E-state index in [1.165, 1.54) is 57.8 Å². The SMILES string of the molecule is CC/C=C\C/C=C\C/C=C\C/C=C\C/C=C\CCCC(=O)OC[C@H](COC(=O)CCCCCCCCCCCCCC)OC(=O)CCCC/C=C\C/C=C\C/C=C\C/C=C\CC. The molecule has 0 saturated carbocycles. The van der Waals surface area contributed by atoms with E-state index in [2.05, 4.69) is 130 Å². The van der Waals surface area contributed by atoms with E-state index in [0.717, 1.165) is 96.3 Å². The van der Waals surface area contributed by atoms with Crippen LogP contribution in [0.5, 0.6) is 0 Å². The van der Waals surface area contributed by atoms with E-state index < -0.39 is 6.10 Å². The number of hydrogen-bond acceptors (Lipinski definition) is 6. The van der Waals surface area contributed by atoms with Gasteiger partial charge in [0.1, 0.15) is 13.2 Å². The second kappa shape index (κ2) is 49.7. The van der Waals surface area contributed by atoms with Crippen LogP contribution in [0.2, 0.25) is 0 Å². The normalized spacial score (nSPS) is 13.0. The van der Waals surface area contributed by atoms with Crippen LogP contribution in [-0.2, 0) is 28.6 Å². The Bertz CT molecular complexity index is 1310. The third kappa shape index (κ3) is 47.1. The highest BCUT2D eigenvalue weighted by atomic mass is 16.6. The number of unbranched alkanes of at least 4 members (excludes halogenated alkanes) is 14. The lowest BCUT2D eigenvalue weighted by Gasteiger charge is -2.18. The number of carbonyl (C=O) groups is 3. The third-order valence-corrected chi connectivity index (χ3v) is 10.0. The zero-order chi connectivity index (χ0) is 45.1. The summed E-state index contributed by atoms with van der Waals surface area (Å²) in [5.74, 6) is -1.02. The smallest absolute Gasteiger partial charge is 0.306 e. The second-order valence-corrected chi connectivity index (χ2v) is 16.0. The van der Waals surface area contributed by atoms with Crippen molar-refractivity contribution in [1.29, 1.82) is 0 Å². The second-order valence-electron chi connectivity index (χ2n) is 16.0.